The zero-order valence-electron chi connectivity index (χ0n) is 5.87. The van der Waals surface area contributed by atoms with E-state index in [2.05, 4.69) is 10.5 Å². The van der Waals surface area contributed by atoms with Crippen molar-refractivity contribution in [3.63, 3.8) is 0 Å². The summed E-state index contributed by atoms with van der Waals surface area (Å²) in [6, 6.07) is -0.963. The van der Waals surface area contributed by atoms with E-state index in [-0.39, 0.29) is 0 Å². The number of primary amides is 1. The number of carbonyl (C=O) groups is 1. The van der Waals surface area contributed by atoms with Gasteiger partial charge < -0.3 is 20.7 Å². The van der Waals surface area contributed by atoms with Gasteiger partial charge in [-0.2, -0.15) is 0 Å². The average molecular weight is 152 g/mol. The van der Waals surface area contributed by atoms with Gasteiger partial charge in [0.15, 0.2) is 0 Å². The quantitative estimate of drug-likeness (QED) is 0.332. The number of nitrogens with two attached hydrogens (primary N) is 1. The molecule has 6 nitrogen and oxygen atoms in total. The van der Waals surface area contributed by atoms with E-state index < -0.39 is 12.4 Å². The summed E-state index contributed by atoms with van der Waals surface area (Å²) in [4.78, 5) is 9.60. The summed E-state index contributed by atoms with van der Waals surface area (Å²) < 4.78 is 4.25. The van der Waals surface area contributed by atoms with Crippen molar-refractivity contribution < 1.29 is 19.7 Å². The molecule has 2 amide bonds. The molecule has 0 aliphatic rings. The highest BCUT2D eigenvalue weighted by Gasteiger charge is 1.95. The number of rotatable bonds is 1. The fourth-order valence-corrected chi connectivity index (χ4v) is 0.127. The summed E-state index contributed by atoms with van der Waals surface area (Å²) >= 11 is 0. The molecule has 62 valence electrons. The molecular weight excluding hydrogens is 140 g/mol. The maximum atomic E-state index is 9.60. The SMILES string of the molecule is COC.NC(=O)NC(O)O. The van der Waals surface area contributed by atoms with E-state index in [1.165, 1.54) is 0 Å². The lowest BCUT2D eigenvalue weighted by Crippen LogP contribution is -2.38. The van der Waals surface area contributed by atoms with E-state index in [0.29, 0.717) is 0 Å². The van der Waals surface area contributed by atoms with Crippen molar-refractivity contribution in [3.05, 3.63) is 0 Å². The molecule has 0 aliphatic carbocycles. The minimum atomic E-state index is -1.85. The van der Waals surface area contributed by atoms with Crippen molar-refractivity contribution in [2.24, 2.45) is 5.73 Å². The van der Waals surface area contributed by atoms with Gasteiger partial charge in [-0.3, -0.25) is 5.32 Å². The summed E-state index contributed by atoms with van der Waals surface area (Å²) in [6.45, 7) is 0. The van der Waals surface area contributed by atoms with Crippen LogP contribution in [0.2, 0.25) is 0 Å². The molecule has 6 heteroatoms. The molecule has 0 spiro atoms. The van der Waals surface area contributed by atoms with Gasteiger partial charge in [0.2, 0.25) is 6.41 Å². The van der Waals surface area contributed by atoms with Gasteiger partial charge in [0.05, 0.1) is 0 Å². The molecule has 0 rings (SSSR count). The minimum Gasteiger partial charge on any atom is -0.388 e. The molecule has 0 unspecified atom stereocenters. The Morgan fingerprint density at radius 3 is 1.90 bits per heavy atom. The van der Waals surface area contributed by atoms with Gasteiger partial charge in [0.25, 0.3) is 0 Å². The van der Waals surface area contributed by atoms with Gasteiger partial charge >= 0.3 is 6.03 Å². The second-order valence-electron chi connectivity index (χ2n) is 1.29. The predicted octanol–water partition coefficient (Wildman–Crippen LogP) is -1.81. The van der Waals surface area contributed by atoms with Crippen LogP contribution in [0.25, 0.3) is 0 Å². The lowest BCUT2D eigenvalue weighted by atomic mass is 10.9. The Morgan fingerprint density at radius 1 is 1.60 bits per heavy atom. The van der Waals surface area contributed by atoms with Crippen LogP contribution in [0.15, 0.2) is 0 Å². The lowest BCUT2D eigenvalue weighted by molar-refractivity contribution is -0.0547. The number of nitrogens with one attached hydrogen (secondary N) is 1. The molecule has 5 N–H and O–H groups in total. The van der Waals surface area contributed by atoms with Crippen molar-refractivity contribution in [2.75, 3.05) is 14.2 Å². The van der Waals surface area contributed by atoms with Crippen LogP contribution in [0, 0.1) is 0 Å². The molecule has 0 aromatic carbocycles. The second kappa shape index (κ2) is 8.15. The summed E-state index contributed by atoms with van der Waals surface area (Å²) in [5.74, 6) is 0. The van der Waals surface area contributed by atoms with Crippen LogP contribution in [0.4, 0.5) is 4.79 Å². The Morgan fingerprint density at radius 2 is 1.90 bits per heavy atom. The van der Waals surface area contributed by atoms with Gasteiger partial charge in [-0.15, -0.1) is 0 Å². The van der Waals surface area contributed by atoms with Gasteiger partial charge in [0.1, 0.15) is 0 Å². The van der Waals surface area contributed by atoms with Crippen molar-refractivity contribution >= 4 is 6.03 Å². The number of hydrogen-bond donors (Lipinski definition) is 4. The Kier molecular flexibility index (Phi) is 9.69. The largest absolute Gasteiger partial charge is 0.388 e. The third kappa shape index (κ3) is 27.3. The van der Waals surface area contributed by atoms with E-state index in [9.17, 15) is 4.79 Å². The number of ether oxygens (including phenoxy) is 1. The standard InChI is InChI=1S/C2H6N2O3.C2H6O/c3-1(5)4-2(6)7;1-3-2/h2,6-7H,(H3,3,4,5);1-2H3. The highest BCUT2D eigenvalue weighted by molar-refractivity contribution is 5.71. The number of urea groups is 1. The zero-order valence-corrected chi connectivity index (χ0v) is 5.87. The molecule has 0 aromatic heterocycles. The number of methoxy groups -OCH3 is 1. The molecule has 0 aliphatic heterocycles. The van der Waals surface area contributed by atoms with Crippen molar-refractivity contribution in [1.82, 2.24) is 5.32 Å². The fourth-order valence-electron chi connectivity index (χ4n) is 0.127. The van der Waals surface area contributed by atoms with E-state index >= 15 is 0 Å². The lowest BCUT2D eigenvalue weighted by Gasteiger charge is -1.99. The summed E-state index contributed by atoms with van der Waals surface area (Å²) in [6.07, 6.45) is -1.85. The topological polar surface area (TPSA) is 105 Å². The highest BCUT2D eigenvalue weighted by atomic mass is 16.5. The van der Waals surface area contributed by atoms with Crippen molar-refractivity contribution in [2.45, 2.75) is 6.41 Å². The normalized spacial score (nSPS) is 8.10. The number of hydrogen-bond acceptors (Lipinski definition) is 4. The second-order valence-corrected chi connectivity index (χ2v) is 1.29. The molecule has 10 heavy (non-hydrogen) atoms. The average Bonchev–Trinajstić information content (AvgIpc) is 1.62. The van der Waals surface area contributed by atoms with Crippen LogP contribution in [-0.4, -0.2) is 36.9 Å². The Labute approximate surface area is 58.6 Å². The maximum absolute atomic E-state index is 9.60. The van der Waals surface area contributed by atoms with E-state index in [1.54, 1.807) is 19.5 Å². The van der Waals surface area contributed by atoms with Crippen molar-refractivity contribution in [3.8, 4) is 0 Å². The minimum absolute atomic E-state index is 0.963. The Bertz CT molecular complexity index is 85.3. The molecule has 0 fully saturated rings. The number of amides is 2. The predicted molar refractivity (Wildman–Crippen MR) is 33.9 cm³/mol. The fraction of sp³-hybridized carbons (Fsp3) is 0.750. The van der Waals surface area contributed by atoms with Crippen LogP contribution in [0.1, 0.15) is 0 Å². The first-order chi connectivity index (χ1) is 4.54. The van der Waals surface area contributed by atoms with Gasteiger partial charge in [-0.05, 0) is 0 Å². The van der Waals surface area contributed by atoms with Crippen LogP contribution >= 0.6 is 0 Å². The maximum Gasteiger partial charge on any atom is 0.316 e. The smallest absolute Gasteiger partial charge is 0.316 e. The van der Waals surface area contributed by atoms with Crippen LogP contribution in [-0.2, 0) is 4.74 Å². The Balaban J connectivity index is 0. The number of aliphatic hydroxyl groups is 2. The van der Waals surface area contributed by atoms with Gasteiger partial charge in [0, 0.05) is 14.2 Å². The van der Waals surface area contributed by atoms with Gasteiger partial charge in [-0.25, -0.2) is 4.79 Å². The zero-order chi connectivity index (χ0) is 8.57. The molecule has 0 bridgehead atoms. The summed E-state index contributed by atoms with van der Waals surface area (Å²) in [5.41, 5.74) is 4.42. The monoisotopic (exact) mass is 152 g/mol. The van der Waals surface area contributed by atoms with Gasteiger partial charge in [-0.1, -0.05) is 0 Å². The molecule has 0 aromatic rings. The molecule has 0 radical (unpaired) electrons. The van der Waals surface area contributed by atoms with Crippen LogP contribution in [0.3, 0.4) is 0 Å². The van der Waals surface area contributed by atoms with E-state index in [0.717, 1.165) is 0 Å². The summed E-state index contributed by atoms with van der Waals surface area (Å²) in [5, 5.41) is 17.3. The molecule has 0 saturated carbocycles. The number of aliphatic hydroxyl groups excluding tert-OH is 1. The number of carbonyl (C=O) groups excluding carboxylic acids is 1. The van der Waals surface area contributed by atoms with Crippen molar-refractivity contribution in [1.29, 1.82) is 0 Å². The van der Waals surface area contributed by atoms with Crippen LogP contribution in [0.5, 0.6) is 0 Å². The highest BCUT2D eigenvalue weighted by Crippen LogP contribution is 1.60. The molecular formula is C4H12N2O4. The molecule has 0 saturated heterocycles. The first-order valence-electron chi connectivity index (χ1n) is 2.36. The third-order valence-corrected chi connectivity index (χ3v) is 0.271. The van der Waals surface area contributed by atoms with E-state index in [4.69, 9.17) is 10.2 Å². The van der Waals surface area contributed by atoms with Crippen LogP contribution < -0.4 is 11.1 Å². The first-order valence-corrected chi connectivity index (χ1v) is 2.36. The summed E-state index contributed by atoms with van der Waals surface area (Å²) in [7, 11) is 3.25. The third-order valence-electron chi connectivity index (χ3n) is 0.271. The molecule has 0 heterocycles. The molecule has 0 atom stereocenters. The van der Waals surface area contributed by atoms with E-state index in [1.807, 2.05) is 0 Å². The Hall–Kier alpha value is -0.850. The first kappa shape index (κ1) is 11.9.